The Morgan fingerprint density at radius 3 is 2.92 bits per heavy atom. The van der Waals surface area contributed by atoms with Gasteiger partial charge < -0.3 is 5.32 Å². The molecule has 1 aliphatic carbocycles. The number of aromatic nitrogens is 4. The van der Waals surface area contributed by atoms with Crippen LogP contribution < -0.4 is 5.32 Å². The molecule has 2 aromatic heterocycles. The molecule has 134 valence electrons. The first-order valence-electron chi connectivity index (χ1n) is 8.38. The van der Waals surface area contributed by atoms with E-state index in [2.05, 4.69) is 20.6 Å². The number of hydrogen-bond donors (Lipinski definition) is 2. The first-order chi connectivity index (χ1) is 12.5. The molecule has 8 heteroatoms. The monoisotopic (exact) mass is 373 g/mol. The Labute approximate surface area is 154 Å². The van der Waals surface area contributed by atoms with E-state index in [1.807, 2.05) is 6.07 Å². The minimum absolute atomic E-state index is 0.0235. The van der Waals surface area contributed by atoms with E-state index < -0.39 is 11.7 Å². The highest BCUT2D eigenvalue weighted by Gasteiger charge is 2.26. The number of nitrogens with one attached hydrogen (secondary N) is 2. The van der Waals surface area contributed by atoms with Gasteiger partial charge in [0.15, 0.2) is 5.82 Å². The van der Waals surface area contributed by atoms with Crippen LogP contribution in [0.15, 0.2) is 36.5 Å². The van der Waals surface area contributed by atoms with Crippen LogP contribution >= 0.6 is 11.6 Å². The van der Waals surface area contributed by atoms with Crippen LogP contribution in [0.4, 0.5) is 10.2 Å². The lowest BCUT2D eigenvalue weighted by molar-refractivity contribution is -0.117. The van der Waals surface area contributed by atoms with Gasteiger partial charge in [-0.05, 0) is 44.0 Å². The molecule has 3 aromatic rings. The first-order valence-corrected chi connectivity index (χ1v) is 8.76. The summed E-state index contributed by atoms with van der Waals surface area (Å²) >= 11 is 5.81. The second-order valence-electron chi connectivity index (χ2n) is 6.48. The summed E-state index contributed by atoms with van der Waals surface area (Å²) in [7, 11) is 0. The molecule has 6 nitrogen and oxygen atoms in total. The summed E-state index contributed by atoms with van der Waals surface area (Å²) in [6.07, 6.45) is 4.04. The van der Waals surface area contributed by atoms with E-state index in [1.54, 1.807) is 29.9 Å². The molecule has 0 saturated heterocycles. The number of amides is 1. The highest BCUT2D eigenvalue weighted by molar-refractivity contribution is 6.30. The minimum atomic E-state index is -0.486. The van der Waals surface area contributed by atoms with Gasteiger partial charge in [0.2, 0.25) is 5.91 Å². The summed E-state index contributed by atoms with van der Waals surface area (Å²) in [6.45, 7) is 1.77. The van der Waals surface area contributed by atoms with E-state index in [0.717, 1.165) is 18.5 Å². The van der Waals surface area contributed by atoms with Gasteiger partial charge in [0.1, 0.15) is 5.82 Å². The molecule has 4 rings (SSSR count). The Morgan fingerprint density at radius 2 is 2.19 bits per heavy atom. The number of benzene rings is 1. The lowest BCUT2D eigenvalue weighted by Crippen LogP contribution is -2.19. The average Bonchev–Trinajstić information content (AvgIpc) is 3.17. The normalized spacial score (nSPS) is 15.0. The molecule has 1 saturated carbocycles. The molecule has 2 N–H and O–H groups in total. The maximum Gasteiger partial charge on any atom is 0.234 e. The number of aromatic amines is 1. The number of rotatable bonds is 5. The Balaban J connectivity index is 1.46. The first kappa shape index (κ1) is 16.8. The summed E-state index contributed by atoms with van der Waals surface area (Å²) in [5.41, 5.74) is 2.28. The molecule has 0 radical (unpaired) electrons. The fourth-order valence-corrected chi connectivity index (χ4v) is 2.89. The van der Waals surface area contributed by atoms with Gasteiger partial charge in [0.25, 0.3) is 0 Å². The number of hydrogen-bond acceptors (Lipinski definition) is 3. The largest absolute Gasteiger partial charge is 0.309 e. The average molecular weight is 374 g/mol. The van der Waals surface area contributed by atoms with Crippen LogP contribution in [0.3, 0.4) is 0 Å². The van der Waals surface area contributed by atoms with E-state index in [4.69, 9.17) is 11.6 Å². The van der Waals surface area contributed by atoms with Crippen molar-refractivity contribution < 1.29 is 9.18 Å². The van der Waals surface area contributed by atoms with Crippen LogP contribution in [0.5, 0.6) is 0 Å². The van der Waals surface area contributed by atoms with Crippen LogP contribution in [0.2, 0.25) is 5.02 Å². The highest BCUT2D eigenvalue weighted by Crippen LogP contribution is 2.39. The van der Waals surface area contributed by atoms with Crippen molar-refractivity contribution in [2.75, 3.05) is 5.32 Å². The van der Waals surface area contributed by atoms with Gasteiger partial charge in [0.05, 0.1) is 22.3 Å². The van der Waals surface area contributed by atoms with Crippen molar-refractivity contribution >= 4 is 23.3 Å². The van der Waals surface area contributed by atoms with Crippen molar-refractivity contribution in [2.45, 2.75) is 31.6 Å². The third kappa shape index (κ3) is 3.35. The zero-order valence-corrected chi connectivity index (χ0v) is 14.8. The predicted molar refractivity (Wildman–Crippen MR) is 96.1 cm³/mol. The number of carbonyl (C=O) groups is 1. The molecule has 1 aliphatic rings. The third-order valence-corrected chi connectivity index (χ3v) is 4.77. The smallest absolute Gasteiger partial charge is 0.234 e. The SMILES string of the molecule is C[C@H](C(=O)Nc1cc(C2CC2)[nH]n1)c1ccn(-c2ccc(F)c(Cl)c2)n1. The van der Waals surface area contributed by atoms with Crippen LogP contribution in [-0.2, 0) is 4.79 Å². The van der Waals surface area contributed by atoms with Gasteiger partial charge in [0, 0.05) is 23.9 Å². The molecule has 0 aliphatic heterocycles. The van der Waals surface area contributed by atoms with Crippen molar-refractivity contribution in [3.05, 3.63) is 58.8 Å². The topological polar surface area (TPSA) is 75.6 Å². The lowest BCUT2D eigenvalue weighted by Gasteiger charge is -2.08. The van der Waals surface area contributed by atoms with E-state index in [9.17, 15) is 9.18 Å². The van der Waals surface area contributed by atoms with Crippen molar-refractivity contribution in [3.8, 4) is 5.69 Å². The van der Waals surface area contributed by atoms with Crippen molar-refractivity contribution in [3.63, 3.8) is 0 Å². The number of anilines is 1. The Kier molecular flexibility index (Phi) is 4.24. The van der Waals surface area contributed by atoms with E-state index in [-0.39, 0.29) is 10.9 Å². The summed E-state index contributed by atoms with van der Waals surface area (Å²) < 4.78 is 14.9. The number of carbonyl (C=O) groups excluding carboxylic acids is 1. The summed E-state index contributed by atoms with van der Waals surface area (Å²) in [4.78, 5) is 12.5. The summed E-state index contributed by atoms with van der Waals surface area (Å²) in [5, 5.41) is 14.3. The minimum Gasteiger partial charge on any atom is -0.309 e. The van der Waals surface area contributed by atoms with E-state index in [1.165, 1.54) is 12.1 Å². The molecule has 1 fully saturated rings. The van der Waals surface area contributed by atoms with Gasteiger partial charge in [-0.15, -0.1) is 0 Å². The fraction of sp³-hybridized carbons (Fsp3) is 0.278. The number of halogens is 2. The summed E-state index contributed by atoms with van der Waals surface area (Å²) in [6, 6.07) is 7.97. The Morgan fingerprint density at radius 1 is 1.38 bits per heavy atom. The molecular weight excluding hydrogens is 357 g/mol. The standard InChI is InChI=1S/C18H17ClFN5O/c1-10(18(26)21-17-9-16(22-23-17)11-2-3-11)15-6-7-25(24-15)12-4-5-14(20)13(19)8-12/h4-11H,2-3H2,1H3,(H2,21,22,23,26)/t10-/m0/s1. The van der Waals surface area contributed by atoms with Gasteiger partial charge in [-0.3, -0.25) is 9.89 Å². The van der Waals surface area contributed by atoms with Gasteiger partial charge >= 0.3 is 0 Å². The van der Waals surface area contributed by atoms with E-state index in [0.29, 0.717) is 23.1 Å². The van der Waals surface area contributed by atoms with Gasteiger partial charge in [-0.2, -0.15) is 10.2 Å². The molecule has 1 atom stereocenters. The predicted octanol–water partition coefficient (Wildman–Crippen LogP) is 4.01. The maximum absolute atomic E-state index is 13.3. The van der Waals surface area contributed by atoms with Crippen LogP contribution in [0.1, 0.15) is 43.0 Å². The fourth-order valence-electron chi connectivity index (χ4n) is 2.71. The second-order valence-corrected chi connectivity index (χ2v) is 6.88. The van der Waals surface area contributed by atoms with Crippen LogP contribution in [0.25, 0.3) is 5.69 Å². The molecule has 0 bridgehead atoms. The van der Waals surface area contributed by atoms with E-state index >= 15 is 0 Å². The zero-order valence-electron chi connectivity index (χ0n) is 14.0. The maximum atomic E-state index is 13.3. The Bertz CT molecular complexity index is 962. The van der Waals surface area contributed by atoms with Crippen LogP contribution in [-0.4, -0.2) is 25.9 Å². The lowest BCUT2D eigenvalue weighted by atomic mass is 10.1. The molecule has 0 unspecified atom stereocenters. The number of H-pyrrole nitrogens is 1. The van der Waals surface area contributed by atoms with Gasteiger partial charge in [-0.1, -0.05) is 11.6 Å². The number of nitrogens with zero attached hydrogens (tertiary/aromatic N) is 3. The molecule has 1 aromatic carbocycles. The molecule has 26 heavy (non-hydrogen) atoms. The quantitative estimate of drug-likeness (QED) is 0.709. The molecular formula is C18H17ClFN5O. The molecule has 0 spiro atoms. The molecule has 2 heterocycles. The van der Waals surface area contributed by atoms with Crippen molar-refractivity contribution in [1.29, 1.82) is 0 Å². The van der Waals surface area contributed by atoms with Crippen LogP contribution in [0, 0.1) is 5.82 Å². The van der Waals surface area contributed by atoms with Crippen molar-refractivity contribution in [2.24, 2.45) is 0 Å². The highest BCUT2D eigenvalue weighted by atomic mass is 35.5. The van der Waals surface area contributed by atoms with Crippen molar-refractivity contribution in [1.82, 2.24) is 20.0 Å². The van der Waals surface area contributed by atoms with Gasteiger partial charge in [-0.25, -0.2) is 9.07 Å². The zero-order chi connectivity index (χ0) is 18.3. The molecule has 1 amide bonds. The Hall–Kier alpha value is -2.67. The summed E-state index contributed by atoms with van der Waals surface area (Å²) in [5.74, 6) is -0.0769. The second kappa shape index (κ2) is 6.57. The third-order valence-electron chi connectivity index (χ3n) is 4.48.